The van der Waals surface area contributed by atoms with Gasteiger partial charge in [-0.2, -0.15) is 0 Å². The molecular formula is C25H31N3O4. The molecule has 4 rings (SSSR count). The fourth-order valence-corrected chi connectivity index (χ4v) is 4.74. The Bertz CT molecular complexity index is 956. The first-order chi connectivity index (χ1) is 15.6. The number of benzene rings is 2. The molecule has 0 aromatic heterocycles. The minimum atomic E-state index is -0.427. The van der Waals surface area contributed by atoms with E-state index in [1.165, 1.54) is 7.11 Å². The first-order valence-corrected chi connectivity index (χ1v) is 11.2. The molecule has 32 heavy (non-hydrogen) atoms. The number of para-hydroxylation sites is 2. The van der Waals surface area contributed by atoms with Crippen LogP contribution < -0.4 is 9.64 Å². The number of methoxy groups -OCH3 is 2. The second kappa shape index (κ2) is 10.0. The molecule has 0 N–H and O–H groups in total. The number of likely N-dealkylation sites (tertiary alicyclic amines) is 1. The predicted octanol–water partition coefficient (Wildman–Crippen LogP) is 2.91. The number of carbonyl (C=O) groups is 2. The number of ether oxygens (including phenoxy) is 2. The van der Waals surface area contributed by atoms with Gasteiger partial charge in [-0.1, -0.05) is 18.2 Å². The Morgan fingerprint density at radius 3 is 2.41 bits per heavy atom. The van der Waals surface area contributed by atoms with Gasteiger partial charge in [0.2, 0.25) is 0 Å². The molecule has 2 heterocycles. The summed E-state index contributed by atoms with van der Waals surface area (Å²) in [6.07, 6.45) is 2.08. The highest BCUT2D eigenvalue weighted by atomic mass is 16.5. The van der Waals surface area contributed by atoms with Crippen molar-refractivity contribution in [1.29, 1.82) is 0 Å². The topological polar surface area (TPSA) is 62.3 Å². The largest absolute Gasteiger partial charge is 0.495 e. The van der Waals surface area contributed by atoms with Crippen molar-refractivity contribution in [2.45, 2.75) is 18.9 Å². The molecule has 2 saturated heterocycles. The molecule has 7 heteroatoms. The Kier molecular flexibility index (Phi) is 6.95. The third-order valence-corrected chi connectivity index (χ3v) is 6.47. The van der Waals surface area contributed by atoms with Crippen molar-refractivity contribution in [1.82, 2.24) is 9.80 Å². The highest BCUT2D eigenvalue weighted by molar-refractivity contribution is 5.98. The van der Waals surface area contributed by atoms with Crippen LogP contribution >= 0.6 is 0 Å². The monoisotopic (exact) mass is 437 g/mol. The standard InChI is InChI=1S/C25H31N3O4/c1-31-23-11-4-3-10-22(23)27-15-13-26(14-16-27)21-9-6-12-28(18-21)24(29)19-7-5-8-20(17-19)25(30)32-2/h3-5,7-8,10-11,17,21H,6,9,12-16,18H2,1-2H3. The summed E-state index contributed by atoms with van der Waals surface area (Å²) in [7, 11) is 3.06. The van der Waals surface area contributed by atoms with Crippen LogP contribution in [0.5, 0.6) is 5.75 Å². The number of anilines is 1. The lowest BCUT2D eigenvalue weighted by Crippen LogP contribution is -2.55. The van der Waals surface area contributed by atoms with Crippen molar-refractivity contribution in [2.24, 2.45) is 0 Å². The van der Waals surface area contributed by atoms with Gasteiger partial charge in [0.1, 0.15) is 5.75 Å². The summed E-state index contributed by atoms with van der Waals surface area (Å²) < 4.78 is 10.3. The summed E-state index contributed by atoms with van der Waals surface area (Å²) in [4.78, 5) is 31.8. The number of amides is 1. The maximum atomic E-state index is 13.1. The Morgan fingerprint density at radius 1 is 0.906 bits per heavy atom. The molecule has 2 aliphatic rings. The van der Waals surface area contributed by atoms with E-state index in [2.05, 4.69) is 15.9 Å². The quantitative estimate of drug-likeness (QED) is 0.671. The molecule has 1 atom stereocenters. The molecule has 0 saturated carbocycles. The van der Waals surface area contributed by atoms with E-state index in [4.69, 9.17) is 9.47 Å². The van der Waals surface area contributed by atoms with Gasteiger partial charge in [0, 0.05) is 50.9 Å². The molecule has 2 aromatic carbocycles. The molecule has 170 valence electrons. The number of piperidine rings is 1. The van der Waals surface area contributed by atoms with Gasteiger partial charge < -0.3 is 19.3 Å². The molecule has 2 aromatic rings. The molecular weight excluding hydrogens is 406 g/mol. The fourth-order valence-electron chi connectivity index (χ4n) is 4.74. The molecule has 1 unspecified atom stereocenters. The smallest absolute Gasteiger partial charge is 0.337 e. The Balaban J connectivity index is 1.37. The Morgan fingerprint density at radius 2 is 1.66 bits per heavy atom. The van der Waals surface area contributed by atoms with E-state index in [-0.39, 0.29) is 5.91 Å². The summed E-state index contributed by atoms with van der Waals surface area (Å²) in [5.41, 5.74) is 2.08. The van der Waals surface area contributed by atoms with E-state index in [0.29, 0.717) is 17.2 Å². The fraction of sp³-hybridized carbons (Fsp3) is 0.440. The minimum absolute atomic E-state index is 0.0203. The third kappa shape index (κ3) is 4.72. The van der Waals surface area contributed by atoms with Gasteiger partial charge >= 0.3 is 5.97 Å². The van der Waals surface area contributed by atoms with Gasteiger partial charge in [0.15, 0.2) is 0 Å². The average Bonchev–Trinajstić information content (AvgIpc) is 2.88. The number of esters is 1. The van der Waals surface area contributed by atoms with E-state index in [0.717, 1.165) is 63.5 Å². The van der Waals surface area contributed by atoms with Crippen LogP contribution in [0.2, 0.25) is 0 Å². The molecule has 0 spiro atoms. The molecule has 0 radical (unpaired) electrons. The van der Waals surface area contributed by atoms with Crippen molar-refractivity contribution in [3.05, 3.63) is 59.7 Å². The summed E-state index contributed by atoms with van der Waals surface area (Å²) in [6, 6.07) is 15.3. The normalized spacial score (nSPS) is 19.5. The Hall–Kier alpha value is -3.06. The maximum Gasteiger partial charge on any atom is 0.337 e. The zero-order valence-electron chi connectivity index (χ0n) is 18.8. The van der Waals surface area contributed by atoms with E-state index >= 15 is 0 Å². The lowest BCUT2D eigenvalue weighted by molar-refractivity contribution is 0.0563. The summed E-state index contributed by atoms with van der Waals surface area (Å²) in [5, 5.41) is 0. The van der Waals surface area contributed by atoms with Gasteiger partial charge in [-0.3, -0.25) is 9.69 Å². The van der Waals surface area contributed by atoms with Crippen molar-refractivity contribution < 1.29 is 19.1 Å². The molecule has 0 aliphatic carbocycles. The van der Waals surface area contributed by atoms with Crippen LogP contribution in [0.3, 0.4) is 0 Å². The van der Waals surface area contributed by atoms with Gasteiger partial charge in [-0.25, -0.2) is 4.79 Å². The number of piperazine rings is 1. The number of carbonyl (C=O) groups excluding carboxylic acids is 2. The zero-order chi connectivity index (χ0) is 22.5. The van der Waals surface area contributed by atoms with Crippen LogP contribution in [-0.4, -0.2) is 81.2 Å². The molecule has 1 amide bonds. The highest BCUT2D eigenvalue weighted by Gasteiger charge is 2.31. The lowest BCUT2D eigenvalue weighted by atomic mass is 10.0. The lowest BCUT2D eigenvalue weighted by Gasteiger charge is -2.44. The highest BCUT2D eigenvalue weighted by Crippen LogP contribution is 2.29. The van der Waals surface area contributed by atoms with Gasteiger partial charge in [0.25, 0.3) is 5.91 Å². The number of hydrogen-bond donors (Lipinski definition) is 0. The zero-order valence-corrected chi connectivity index (χ0v) is 18.8. The van der Waals surface area contributed by atoms with Crippen LogP contribution in [0.15, 0.2) is 48.5 Å². The number of nitrogens with zero attached hydrogens (tertiary/aromatic N) is 3. The van der Waals surface area contributed by atoms with Crippen molar-refractivity contribution in [2.75, 3.05) is 58.4 Å². The third-order valence-electron chi connectivity index (χ3n) is 6.47. The van der Waals surface area contributed by atoms with Crippen LogP contribution in [0.4, 0.5) is 5.69 Å². The molecule has 2 aliphatic heterocycles. The molecule has 7 nitrogen and oxygen atoms in total. The second-order valence-electron chi connectivity index (χ2n) is 8.31. The van der Waals surface area contributed by atoms with Crippen LogP contribution in [0, 0.1) is 0 Å². The van der Waals surface area contributed by atoms with E-state index in [1.807, 2.05) is 23.1 Å². The van der Waals surface area contributed by atoms with Gasteiger partial charge in [-0.05, 0) is 43.2 Å². The van der Waals surface area contributed by atoms with Crippen LogP contribution in [0.1, 0.15) is 33.6 Å². The van der Waals surface area contributed by atoms with Crippen molar-refractivity contribution in [3.8, 4) is 5.75 Å². The first-order valence-electron chi connectivity index (χ1n) is 11.2. The van der Waals surface area contributed by atoms with E-state index in [9.17, 15) is 9.59 Å². The first kappa shape index (κ1) is 22.1. The minimum Gasteiger partial charge on any atom is -0.495 e. The van der Waals surface area contributed by atoms with E-state index < -0.39 is 5.97 Å². The number of rotatable bonds is 5. The van der Waals surface area contributed by atoms with Crippen LogP contribution in [-0.2, 0) is 4.74 Å². The summed E-state index contributed by atoms with van der Waals surface area (Å²) >= 11 is 0. The maximum absolute atomic E-state index is 13.1. The predicted molar refractivity (Wildman–Crippen MR) is 123 cm³/mol. The van der Waals surface area contributed by atoms with Crippen LogP contribution in [0.25, 0.3) is 0 Å². The summed E-state index contributed by atoms with van der Waals surface area (Å²) in [6.45, 7) is 5.26. The molecule has 2 fully saturated rings. The SMILES string of the molecule is COC(=O)c1cccc(C(=O)N2CCCC(N3CCN(c4ccccc4OC)CC3)C2)c1. The second-order valence-corrected chi connectivity index (χ2v) is 8.31. The Labute approximate surface area is 189 Å². The molecule has 0 bridgehead atoms. The summed E-state index contributed by atoms with van der Waals surface area (Å²) in [5.74, 6) is 0.460. The van der Waals surface area contributed by atoms with Gasteiger partial charge in [0.05, 0.1) is 25.5 Å². The number of hydrogen-bond acceptors (Lipinski definition) is 6. The van der Waals surface area contributed by atoms with Gasteiger partial charge in [-0.15, -0.1) is 0 Å². The van der Waals surface area contributed by atoms with E-state index in [1.54, 1.807) is 31.4 Å². The van der Waals surface area contributed by atoms with Crippen molar-refractivity contribution >= 4 is 17.6 Å². The van der Waals surface area contributed by atoms with Crippen molar-refractivity contribution in [3.63, 3.8) is 0 Å². The average molecular weight is 438 g/mol.